The number of esters is 1. The van der Waals surface area contributed by atoms with Gasteiger partial charge in [-0.3, -0.25) is 4.79 Å². The van der Waals surface area contributed by atoms with Gasteiger partial charge in [0.05, 0.1) is 18.7 Å². The Morgan fingerprint density at radius 3 is 2.78 bits per heavy atom. The molecule has 6 heteroatoms. The van der Waals surface area contributed by atoms with Crippen molar-refractivity contribution in [2.45, 2.75) is 44.8 Å². The second-order valence-corrected chi connectivity index (χ2v) is 7.82. The predicted molar refractivity (Wildman–Crippen MR) is 107 cm³/mol. The van der Waals surface area contributed by atoms with Crippen LogP contribution >= 0.6 is 11.3 Å². The van der Waals surface area contributed by atoms with E-state index in [-0.39, 0.29) is 17.9 Å². The van der Waals surface area contributed by atoms with Gasteiger partial charge in [-0.15, -0.1) is 11.3 Å². The summed E-state index contributed by atoms with van der Waals surface area (Å²) in [5.41, 5.74) is 1.68. The van der Waals surface area contributed by atoms with Gasteiger partial charge in [0.25, 0.3) is 0 Å². The van der Waals surface area contributed by atoms with Crippen LogP contribution in [0.5, 0.6) is 0 Å². The summed E-state index contributed by atoms with van der Waals surface area (Å²) in [5, 5.41) is 5.51. The zero-order chi connectivity index (χ0) is 19.2. The number of nitrogens with zero attached hydrogens (tertiary/aromatic N) is 1. The molecule has 1 aliphatic rings. The third-order valence-corrected chi connectivity index (χ3v) is 6.15. The Labute approximate surface area is 164 Å². The Bertz CT molecular complexity index is 758. The highest BCUT2D eigenvalue weighted by molar-refractivity contribution is 7.10. The molecule has 3 rings (SSSR count). The zero-order valence-electron chi connectivity index (χ0n) is 15.8. The number of carbonyl (C=O) groups excluding carboxylic acids is 2. The number of rotatable bonds is 8. The summed E-state index contributed by atoms with van der Waals surface area (Å²) in [7, 11) is 1.38. The number of ether oxygens (including phenoxy) is 1. The molecule has 1 fully saturated rings. The van der Waals surface area contributed by atoms with Crippen LogP contribution in [0, 0.1) is 0 Å². The van der Waals surface area contributed by atoms with Crippen molar-refractivity contribution >= 4 is 23.2 Å². The minimum atomic E-state index is -0.319. The second kappa shape index (κ2) is 9.15. The van der Waals surface area contributed by atoms with E-state index >= 15 is 0 Å². The van der Waals surface area contributed by atoms with Crippen molar-refractivity contribution in [3.8, 4) is 0 Å². The normalized spacial score (nSPS) is 17.9. The maximum Gasteiger partial charge on any atom is 0.337 e. The summed E-state index contributed by atoms with van der Waals surface area (Å²) in [5.74, 6) is -0.0559. The summed E-state index contributed by atoms with van der Waals surface area (Å²) >= 11 is 1.71. The van der Waals surface area contributed by atoms with Crippen LogP contribution in [0.2, 0.25) is 0 Å². The lowest BCUT2D eigenvalue weighted by Crippen LogP contribution is -2.36. The van der Waals surface area contributed by atoms with Crippen LogP contribution in [0.15, 0.2) is 41.8 Å². The van der Waals surface area contributed by atoms with Gasteiger partial charge >= 0.3 is 5.97 Å². The van der Waals surface area contributed by atoms with E-state index in [2.05, 4.69) is 28.6 Å². The highest BCUT2D eigenvalue weighted by Crippen LogP contribution is 2.33. The average molecular weight is 387 g/mol. The Balaban J connectivity index is 1.48. The molecule has 0 bridgehead atoms. The summed E-state index contributed by atoms with van der Waals surface area (Å²) < 4.78 is 4.71. The van der Waals surface area contributed by atoms with Gasteiger partial charge in [-0.25, -0.2) is 4.79 Å². The summed E-state index contributed by atoms with van der Waals surface area (Å²) in [6.45, 7) is 3.71. The van der Waals surface area contributed by atoms with Crippen LogP contribution in [0.25, 0.3) is 0 Å². The molecule has 2 heterocycles. The van der Waals surface area contributed by atoms with Gasteiger partial charge in [0.15, 0.2) is 0 Å². The number of carbonyl (C=O) groups is 2. The molecular weight excluding hydrogens is 360 g/mol. The molecule has 0 saturated carbocycles. The number of likely N-dealkylation sites (tertiary alicyclic amines) is 1. The van der Waals surface area contributed by atoms with Gasteiger partial charge in [0, 0.05) is 23.9 Å². The lowest BCUT2D eigenvalue weighted by Gasteiger charge is -2.30. The smallest absolute Gasteiger partial charge is 0.337 e. The quantitative estimate of drug-likeness (QED) is 0.554. The summed E-state index contributed by atoms with van der Waals surface area (Å²) in [6.07, 6.45) is 2.53. The first-order chi connectivity index (χ1) is 13.1. The monoisotopic (exact) mass is 386 g/mol. The van der Waals surface area contributed by atoms with Crippen molar-refractivity contribution < 1.29 is 14.3 Å². The van der Waals surface area contributed by atoms with Gasteiger partial charge in [0.2, 0.25) is 5.91 Å². The number of hydrogen-bond acceptors (Lipinski definition) is 5. The van der Waals surface area contributed by atoms with E-state index in [0.717, 1.165) is 31.5 Å². The molecule has 1 amide bonds. The molecule has 1 aliphatic heterocycles. The van der Waals surface area contributed by atoms with Crippen molar-refractivity contribution in [2.75, 3.05) is 13.7 Å². The third kappa shape index (κ3) is 4.76. The number of thiophene rings is 1. The molecule has 144 valence electrons. The topological polar surface area (TPSA) is 58.6 Å². The molecule has 2 aromatic rings. The van der Waals surface area contributed by atoms with Crippen LogP contribution in [0.1, 0.15) is 53.0 Å². The van der Waals surface area contributed by atoms with E-state index in [9.17, 15) is 9.59 Å². The maximum absolute atomic E-state index is 12.4. The highest BCUT2D eigenvalue weighted by Gasteiger charge is 2.34. The SMILES string of the molecule is COC(=O)c1ccc(CNCC[C@@H]2CCC(=O)N2[C@H](C)c2cccs2)cc1. The van der Waals surface area contributed by atoms with E-state index in [1.165, 1.54) is 12.0 Å². The molecule has 27 heavy (non-hydrogen) atoms. The van der Waals surface area contributed by atoms with Crippen LogP contribution in [-0.2, 0) is 16.1 Å². The second-order valence-electron chi connectivity index (χ2n) is 6.84. The Morgan fingerprint density at radius 2 is 2.11 bits per heavy atom. The fourth-order valence-corrected chi connectivity index (χ4v) is 4.40. The largest absolute Gasteiger partial charge is 0.465 e. The van der Waals surface area contributed by atoms with Crippen molar-refractivity contribution in [3.63, 3.8) is 0 Å². The molecule has 0 radical (unpaired) electrons. The van der Waals surface area contributed by atoms with Gasteiger partial charge in [-0.1, -0.05) is 18.2 Å². The predicted octanol–water partition coefficient (Wildman–Crippen LogP) is 3.77. The minimum absolute atomic E-state index is 0.149. The first-order valence-corrected chi connectivity index (χ1v) is 10.2. The standard InChI is InChI=1S/C21H26N2O3S/c1-15(19-4-3-13-27-19)23-18(9-10-20(23)24)11-12-22-14-16-5-7-17(8-6-16)21(25)26-2/h3-8,13,15,18,22H,9-12,14H2,1-2H3/t15-,18+/m1/s1. The molecule has 1 aromatic carbocycles. The fourth-order valence-electron chi connectivity index (χ4n) is 3.62. The molecule has 1 aromatic heterocycles. The summed E-state index contributed by atoms with van der Waals surface area (Å²) in [4.78, 5) is 27.1. The molecule has 2 atom stereocenters. The molecule has 5 nitrogen and oxygen atoms in total. The lowest BCUT2D eigenvalue weighted by atomic mass is 10.1. The number of benzene rings is 1. The van der Waals surface area contributed by atoms with Crippen LogP contribution < -0.4 is 5.32 Å². The van der Waals surface area contributed by atoms with Crippen LogP contribution in [-0.4, -0.2) is 36.5 Å². The van der Waals surface area contributed by atoms with Gasteiger partial charge in [-0.2, -0.15) is 0 Å². The first kappa shape index (κ1) is 19.6. The lowest BCUT2D eigenvalue weighted by molar-refractivity contribution is -0.131. The van der Waals surface area contributed by atoms with E-state index in [1.807, 2.05) is 18.2 Å². The Kier molecular flexibility index (Phi) is 6.63. The molecule has 0 spiro atoms. The third-order valence-electron chi connectivity index (χ3n) is 5.10. The van der Waals surface area contributed by atoms with E-state index < -0.39 is 0 Å². The number of methoxy groups -OCH3 is 1. The molecule has 1 N–H and O–H groups in total. The van der Waals surface area contributed by atoms with Crippen LogP contribution in [0.4, 0.5) is 0 Å². The maximum atomic E-state index is 12.4. The van der Waals surface area contributed by atoms with Crippen LogP contribution in [0.3, 0.4) is 0 Å². The summed E-state index contributed by atoms with van der Waals surface area (Å²) in [6, 6.07) is 12.0. The van der Waals surface area contributed by atoms with E-state index in [0.29, 0.717) is 18.0 Å². The minimum Gasteiger partial charge on any atom is -0.465 e. The fraction of sp³-hybridized carbons (Fsp3) is 0.429. The average Bonchev–Trinajstić information content (AvgIpc) is 3.35. The van der Waals surface area contributed by atoms with Gasteiger partial charge < -0.3 is 15.0 Å². The molecule has 1 saturated heterocycles. The van der Waals surface area contributed by atoms with Gasteiger partial charge in [0.1, 0.15) is 0 Å². The Hall–Kier alpha value is -2.18. The number of amides is 1. The van der Waals surface area contributed by atoms with Crippen molar-refractivity contribution in [1.29, 1.82) is 0 Å². The number of nitrogens with one attached hydrogen (secondary N) is 1. The van der Waals surface area contributed by atoms with E-state index in [4.69, 9.17) is 4.74 Å². The molecule has 0 aliphatic carbocycles. The van der Waals surface area contributed by atoms with Gasteiger partial charge in [-0.05, 0) is 55.5 Å². The van der Waals surface area contributed by atoms with Crippen molar-refractivity contribution in [1.82, 2.24) is 10.2 Å². The molecule has 0 unspecified atom stereocenters. The molecular formula is C21H26N2O3S. The zero-order valence-corrected chi connectivity index (χ0v) is 16.6. The van der Waals surface area contributed by atoms with E-state index in [1.54, 1.807) is 23.5 Å². The highest BCUT2D eigenvalue weighted by atomic mass is 32.1. The Morgan fingerprint density at radius 1 is 1.33 bits per heavy atom. The van der Waals surface area contributed by atoms with Crippen molar-refractivity contribution in [3.05, 3.63) is 57.8 Å². The number of hydrogen-bond donors (Lipinski definition) is 1. The first-order valence-electron chi connectivity index (χ1n) is 9.32. The van der Waals surface area contributed by atoms with Crippen molar-refractivity contribution in [2.24, 2.45) is 0 Å².